The maximum atomic E-state index is 13.3. The molecule has 0 radical (unpaired) electrons. The zero-order valence-corrected chi connectivity index (χ0v) is 25.3. The van der Waals surface area contributed by atoms with E-state index in [0.29, 0.717) is 24.2 Å². The van der Waals surface area contributed by atoms with Crippen molar-refractivity contribution in [1.82, 2.24) is 0 Å². The van der Waals surface area contributed by atoms with Crippen LogP contribution >= 0.6 is 0 Å². The molecule has 38 heavy (non-hydrogen) atoms. The van der Waals surface area contributed by atoms with Crippen molar-refractivity contribution in [3.8, 4) is 0 Å². The molecule has 8 heteroatoms. The number of methoxy groups -OCH3 is 1. The topological polar surface area (TPSA) is 113 Å². The van der Waals surface area contributed by atoms with Crippen LogP contribution < -0.4 is 5.14 Å². The highest BCUT2D eigenvalue weighted by atomic mass is 32.2. The number of rotatable bonds is 4. The normalized spacial score (nSPS) is 49.7. The van der Waals surface area contributed by atoms with Gasteiger partial charge in [0, 0.05) is 5.92 Å². The van der Waals surface area contributed by atoms with Crippen LogP contribution in [0.4, 0.5) is 0 Å². The lowest BCUT2D eigenvalue weighted by atomic mass is 9.32. The highest BCUT2D eigenvalue weighted by molar-refractivity contribution is 7.84. The zero-order chi connectivity index (χ0) is 28.1. The molecule has 10 atom stereocenters. The molecular formula is C30H49NO6S. The van der Waals surface area contributed by atoms with Crippen molar-refractivity contribution < 1.29 is 26.9 Å². The minimum Gasteiger partial charge on any atom is -0.469 e. The summed E-state index contributed by atoms with van der Waals surface area (Å²) in [5, 5.41) is 5.32. The maximum absolute atomic E-state index is 13.3. The van der Waals surface area contributed by atoms with Crippen LogP contribution in [-0.2, 0) is 28.8 Å². The van der Waals surface area contributed by atoms with Crippen molar-refractivity contribution in [2.75, 3.05) is 7.11 Å². The Bertz CT molecular complexity index is 1120. The quantitative estimate of drug-likeness (QED) is 0.467. The number of nitrogens with two attached hydrogens (primary N) is 1. The van der Waals surface area contributed by atoms with Gasteiger partial charge in [0.2, 0.25) is 0 Å². The van der Waals surface area contributed by atoms with Gasteiger partial charge in [-0.1, -0.05) is 34.6 Å². The SMILES string of the molecule is COC(=O)[C@]12CC[C@@H](C(C)=O)[C@@H]1[C@H]1CC[C@@H]3[C@@]4(C)CC[C@H](OS(N)(=O)=O)C(C)(C)[C@@H]4CC[C@@]3(C)[C@]1(C)CC2. The standard InChI is InChI=1S/C30H49NO6S/c1-18(32)19-10-15-30(25(33)36-7)17-16-28(5)20(24(19)30)8-9-22-27(4)13-12-23(37-38(31,34)35)26(2,3)21(27)11-14-29(22,28)6/h19-24H,8-17H2,1-7H3,(H2,31,34,35)/t19-,20+,21-,22+,23-,24+,27-,28+,29+,30-/m0/s1. The van der Waals surface area contributed by atoms with Gasteiger partial charge in [-0.25, -0.2) is 5.14 Å². The van der Waals surface area contributed by atoms with Crippen molar-refractivity contribution in [2.45, 2.75) is 112 Å². The summed E-state index contributed by atoms with van der Waals surface area (Å²) in [5.41, 5.74) is -0.657. The second kappa shape index (κ2) is 8.75. The van der Waals surface area contributed by atoms with Gasteiger partial charge >= 0.3 is 16.3 Å². The number of hydrogen-bond donors (Lipinski definition) is 1. The highest BCUT2D eigenvalue weighted by Crippen LogP contribution is 2.77. The predicted octanol–water partition coefficient (Wildman–Crippen LogP) is 5.42. The summed E-state index contributed by atoms with van der Waals surface area (Å²) in [6, 6.07) is 0. The van der Waals surface area contributed by atoms with E-state index < -0.39 is 21.8 Å². The molecule has 0 spiro atoms. The molecule has 0 amide bonds. The first-order valence-electron chi connectivity index (χ1n) is 14.8. The van der Waals surface area contributed by atoms with Crippen molar-refractivity contribution in [3.05, 3.63) is 0 Å². The fourth-order valence-corrected chi connectivity index (χ4v) is 12.6. The average molecular weight is 552 g/mol. The van der Waals surface area contributed by atoms with Crippen molar-refractivity contribution >= 4 is 22.1 Å². The molecule has 5 aliphatic rings. The summed E-state index contributed by atoms with van der Waals surface area (Å²) >= 11 is 0. The molecular weight excluding hydrogens is 502 g/mol. The lowest BCUT2D eigenvalue weighted by Gasteiger charge is -2.72. The van der Waals surface area contributed by atoms with Crippen LogP contribution in [0.15, 0.2) is 0 Å². The third-order valence-corrected chi connectivity index (χ3v) is 14.2. The number of carbonyl (C=O) groups is 2. The summed E-state index contributed by atoms with van der Waals surface area (Å²) in [6.07, 6.45) is 8.76. The van der Waals surface area contributed by atoms with Gasteiger partial charge in [-0.3, -0.25) is 13.8 Å². The van der Waals surface area contributed by atoms with E-state index in [1.807, 2.05) is 0 Å². The van der Waals surface area contributed by atoms with Gasteiger partial charge in [0.15, 0.2) is 0 Å². The Hall–Kier alpha value is -0.990. The Morgan fingerprint density at radius 2 is 1.50 bits per heavy atom. The molecule has 0 heterocycles. The van der Waals surface area contributed by atoms with Gasteiger partial charge in [0.25, 0.3) is 0 Å². The molecule has 216 valence electrons. The lowest BCUT2D eigenvalue weighted by Crippen LogP contribution is -2.67. The van der Waals surface area contributed by atoms with Crippen LogP contribution in [0.2, 0.25) is 0 Å². The third-order valence-electron chi connectivity index (χ3n) is 13.7. The van der Waals surface area contributed by atoms with Gasteiger partial charge in [-0.15, -0.1) is 0 Å². The molecule has 0 unspecified atom stereocenters. The zero-order valence-electron chi connectivity index (χ0n) is 24.5. The van der Waals surface area contributed by atoms with Gasteiger partial charge in [-0.05, 0) is 116 Å². The van der Waals surface area contributed by atoms with Crippen LogP contribution in [0, 0.1) is 56.7 Å². The van der Waals surface area contributed by atoms with E-state index in [0.717, 1.165) is 57.8 Å². The van der Waals surface area contributed by atoms with Gasteiger partial charge in [0.05, 0.1) is 18.6 Å². The Kier molecular flexibility index (Phi) is 6.57. The number of hydrogen-bond acceptors (Lipinski definition) is 6. The average Bonchev–Trinajstić information content (AvgIpc) is 3.21. The molecule has 2 N–H and O–H groups in total. The molecule has 0 aromatic carbocycles. The first-order chi connectivity index (χ1) is 17.5. The Morgan fingerprint density at radius 1 is 0.816 bits per heavy atom. The highest BCUT2D eigenvalue weighted by Gasteiger charge is 2.72. The largest absolute Gasteiger partial charge is 0.469 e. The van der Waals surface area contributed by atoms with E-state index in [2.05, 4.69) is 34.6 Å². The maximum Gasteiger partial charge on any atom is 0.333 e. The summed E-state index contributed by atoms with van der Waals surface area (Å²) in [5.74, 6) is 1.27. The fraction of sp³-hybridized carbons (Fsp3) is 0.933. The second-order valence-corrected chi connectivity index (χ2v) is 16.2. The minimum absolute atomic E-state index is 0.0300. The Morgan fingerprint density at radius 3 is 2.11 bits per heavy atom. The number of Topliss-reactive ketones (excluding diaryl/α,β-unsaturated/α-hetero) is 1. The summed E-state index contributed by atoms with van der Waals surface area (Å²) in [4.78, 5) is 26.2. The monoisotopic (exact) mass is 551 g/mol. The van der Waals surface area contributed by atoms with E-state index in [4.69, 9.17) is 14.1 Å². The first-order valence-corrected chi connectivity index (χ1v) is 16.2. The number of carbonyl (C=O) groups excluding carboxylic acids is 2. The van der Waals surface area contributed by atoms with Gasteiger partial charge < -0.3 is 4.74 Å². The van der Waals surface area contributed by atoms with Crippen LogP contribution in [0.5, 0.6) is 0 Å². The molecule has 0 bridgehead atoms. The smallest absolute Gasteiger partial charge is 0.333 e. The molecule has 0 aromatic heterocycles. The summed E-state index contributed by atoms with van der Waals surface area (Å²) < 4.78 is 34.6. The summed E-state index contributed by atoms with van der Waals surface area (Å²) in [6.45, 7) is 13.5. The summed E-state index contributed by atoms with van der Waals surface area (Å²) in [7, 11) is -2.51. The van der Waals surface area contributed by atoms with E-state index >= 15 is 0 Å². The predicted molar refractivity (Wildman–Crippen MR) is 145 cm³/mol. The molecule has 0 saturated heterocycles. The lowest BCUT2D eigenvalue weighted by molar-refractivity contribution is -0.246. The van der Waals surface area contributed by atoms with E-state index in [9.17, 15) is 18.0 Å². The number of fused-ring (bicyclic) bond motifs is 7. The molecule has 5 saturated carbocycles. The molecule has 5 rings (SSSR count). The Balaban J connectivity index is 1.52. The third kappa shape index (κ3) is 3.67. The van der Waals surface area contributed by atoms with Crippen molar-refractivity contribution in [3.63, 3.8) is 0 Å². The van der Waals surface area contributed by atoms with E-state index in [-0.39, 0.29) is 45.2 Å². The van der Waals surface area contributed by atoms with Crippen LogP contribution in [-0.4, -0.2) is 33.4 Å². The van der Waals surface area contributed by atoms with Gasteiger partial charge in [-0.2, -0.15) is 8.42 Å². The molecule has 0 aromatic rings. The van der Waals surface area contributed by atoms with Crippen molar-refractivity contribution in [1.29, 1.82) is 0 Å². The molecule has 0 aliphatic heterocycles. The van der Waals surface area contributed by atoms with E-state index in [1.165, 1.54) is 7.11 Å². The molecule has 7 nitrogen and oxygen atoms in total. The van der Waals surface area contributed by atoms with Gasteiger partial charge in [0.1, 0.15) is 5.78 Å². The second-order valence-electron chi connectivity index (χ2n) is 15.0. The van der Waals surface area contributed by atoms with Crippen molar-refractivity contribution in [2.24, 2.45) is 61.8 Å². The molecule has 5 aliphatic carbocycles. The number of esters is 1. The molecule has 5 fully saturated rings. The van der Waals surface area contributed by atoms with Crippen LogP contribution in [0.3, 0.4) is 0 Å². The van der Waals surface area contributed by atoms with Crippen LogP contribution in [0.1, 0.15) is 106 Å². The van der Waals surface area contributed by atoms with E-state index in [1.54, 1.807) is 6.92 Å². The minimum atomic E-state index is -4.01. The number of ketones is 1. The first kappa shape index (κ1) is 28.5. The van der Waals surface area contributed by atoms with Crippen LogP contribution in [0.25, 0.3) is 0 Å². The number of ether oxygens (including phenoxy) is 1. The fourth-order valence-electron chi connectivity index (χ4n) is 11.9. The Labute approximate surface area is 229 Å².